The molecule has 0 saturated carbocycles. The van der Waals surface area contributed by atoms with Crippen LogP contribution in [0.5, 0.6) is 0 Å². The smallest absolute Gasteiger partial charge is 0.110 e. The summed E-state index contributed by atoms with van der Waals surface area (Å²) in [5, 5.41) is 10.6. The molecular weight excluding hydrogens is 200 g/mol. The molecule has 2 atom stereocenters. The van der Waals surface area contributed by atoms with Crippen LogP contribution in [0.3, 0.4) is 0 Å². The summed E-state index contributed by atoms with van der Waals surface area (Å²) in [4.78, 5) is 8.79. The van der Waals surface area contributed by atoms with Gasteiger partial charge in [-0.1, -0.05) is 19.9 Å². The third-order valence-corrected chi connectivity index (χ3v) is 3.23. The molecule has 1 aliphatic heterocycles. The molecule has 0 aliphatic carbocycles. The molecule has 0 spiro atoms. The van der Waals surface area contributed by atoms with E-state index in [1.807, 2.05) is 25.1 Å². The first-order valence-corrected chi connectivity index (χ1v) is 5.71. The molecule has 0 radical (unpaired) electrons. The van der Waals surface area contributed by atoms with Crippen molar-refractivity contribution >= 4 is 5.71 Å². The van der Waals surface area contributed by atoms with Crippen molar-refractivity contribution in [3.8, 4) is 0 Å². The molecule has 1 aromatic heterocycles. The van der Waals surface area contributed by atoms with Gasteiger partial charge < -0.3 is 5.11 Å². The molecule has 0 aromatic carbocycles. The van der Waals surface area contributed by atoms with Gasteiger partial charge in [0.15, 0.2) is 0 Å². The molecule has 0 amide bonds. The molecule has 0 bridgehead atoms. The zero-order valence-electron chi connectivity index (χ0n) is 10.0. The number of rotatable bonds is 2. The topological polar surface area (TPSA) is 45.5 Å². The van der Waals surface area contributed by atoms with Gasteiger partial charge in [0.1, 0.15) is 5.60 Å². The first-order chi connectivity index (χ1) is 7.53. The summed E-state index contributed by atoms with van der Waals surface area (Å²) in [6, 6.07) is 5.79. The maximum atomic E-state index is 10.6. The van der Waals surface area contributed by atoms with Gasteiger partial charge in [-0.25, -0.2) is 0 Å². The number of hydrogen-bond donors (Lipinski definition) is 1. The molecule has 2 heterocycles. The molecule has 1 N–H and O–H groups in total. The minimum absolute atomic E-state index is 0.00824. The fraction of sp³-hybridized carbons (Fsp3) is 0.538. The molecule has 0 saturated heterocycles. The fourth-order valence-corrected chi connectivity index (χ4v) is 2.44. The highest BCUT2D eigenvalue weighted by atomic mass is 16.3. The number of pyridine rings is 1. The summed E-state index contributed by atoms with van der Waals surface area (Å²) >= 11 is 0. The second kappa shape index (κ2) is 3.98. The summed E-state index contributed by atoms with van der Waals surface area (Å²) in [5.74, 6) is 0.273. The van der Waals surface area contributed by atoms with E-state index in [-0.39, 0.29) is 11.8 Å². The Kier molecular flexibility index (Phi) is 2.80. The highest BCUT2D eigenvalue weighted by Gasteiger charge is 2.43. The van der Waals surface area contributed by atoms with Gasteiger partial charge in [0.2, 0.25) is 0 Å². The van der Waals surface area contributed by atoms with E-state index in [1.165, 1.54) is 0 Å². The maximum Gasteiger partial charge on any atom is 0.110 e. The van der Waals surface area contributed by atoms with E-state index >= 15 is 0 Å². The predicted octanol–water partition coefficient (Wildman–Crippen LogP) is 2.03. The van der Waals surface area contributed by atoms with E-state index in [1.54, 1.807) is 6.20 Å². The van der Waals surface area contributed by atoms with Crippen LogP contribution in [0.4, 0.5) is 0 Å². The van der Waals surface area contributed by atoms with Crippen LogP contribution in [0.15, 0.2) is 29.4 Å². The summed E-state index contributed by atoms with van der Waals surface area (Å²) in [7, 11) is 0. The molecule has 0 unspecified atom stereocenters. The van der Waals surface area contributed by atoms with E-state index < -0.39 is 5.60 Å². The van der Waals surface area contributed by atoms with E-state index in [9.17, 15) is 5.11 Å². The van der Waals surface area contributed by atoms with Crippen LogP contribution in [0.25, 0.3) is 0 Å². The average molecular weight is 218 g/mol. The summed E-state index contributed by atoms with van der Waals surface area (Å²) in [6.45, 7) is 6.61. The Hall–Kier alpha value is -1.22. The number of nitrogens with zero attached hydrogens (tertiary/aromatic N) is 2. The first kappa shape index (κ1) is 11.3. The van der Waals surface area contributed by atoms with Crippen molar-refractivity contribution in [2.45, 2.75) is 32.3 Å². The highest BCUT2D eigenvalue weighted by Crippen LogP contribution is 2.35. The monoisotopic (exact) mass is 218 g/mol. The van der Waals surface area contributed by atoms with Gasteiger partial charge in [-0.15, -0.1) is 0 Å². The lowest BCUT2D eigenvalue weighted by Crippen LogP contribution is -2.40. The Bertz CT molecular complexity index is 396. The Balaban J connectivity index is 2.30. The normalized spacial score (nSPS) is 29.6. The van der Waals surface area contributed by atoms with Crippen molar-refractivity contribution in [3.05, 3.63) is 30.1 Å². The van der Waals surface area contributed by atoms with Gasteiger partial charge in [0.05, 0.1) is 12.5 Å². The Labute approximate surface area is 96.3 Å². The van der Waals surface area contributed by atoms with E-state index in [2.05, 4.69) is 23.8 Å². The molecular formula is C13H18N2O. The zero-order chi connectivity index (χ0) is 11.8. The first-order valence-electron chi connectivity index (χ1n) is 5.71. The van der Waals surface area contributed by atoms with E-state index in [0.717, 1.165) is 11.4 Å². The molecule has 86 valence electrons. The number of aliphatic hydroxyl groups is 1. The van der Waals surface area contributed by atoms with Crippen LogP contribution in [-0.2, 0) is 0 Å². The van der Waals surface area contributed by atoms with Crippen molar-refractivity contribution in [1.82, 2.24) is 4.98 Å². The molecule has 1 aromatic rings. The van der Waals surface area contributed by atoms with E-state index in [0.29, 0.717) is 6.54 Å². The predicted molar refractivity (Wildman–Crippen MR) is 64.7 cm³/mol. The lowest BCUT2D eigenvalue weighted by molar-refractivity contribution is 0.108. The SMILES string of the molecule is CC(C)C1=NC[C@@H](c2ccccn2)[C@]1(C)O. The standard InChI is InChI=1S/C13H18N2O/c1-9(2)12-13(3,16)10(8-15-12)11-6-4-5-7-14-11/h4-7,9-10,16H,8H2,1-3H3/t10-,13-/m0/s1. The highest BCUT2D eigenvalue weighted by molar-refractivity contribution is 5.96. The molecule has 3 heteroatoms. The van der Waals surface area contributed by atoms with Crippen molar-refractivity contribution < 1.29 is 5.11 Å². The van der Waals surface area contributed by atoms with Gasteiger partial charge in [0, 0.05) is 17.6 Å². The minimum atomic E-state index is -0.859. The Morgan fingerprint density at radius 2 is 2.19 bits per heavy atom. The lowest BCUT2D eigenvalue weighted by atomic mass is 9.81. The van der Waals surface area contributed by atoms with Crippen molar-refractivity contribution in [2.75, 3.05) is 6.54 Å². The minimum Gasteiger partial charge on any atom is -0.383 e. The van der Waals surface area contributed by atoms with Crippen LogP contribution in [0, 0.1) is 5.92 Å². The average Bonchev–Trinajstić information content (AvgIpc) is 2.55. The van der Waals surface area contributed by atoms with Gasteiger partial charge in [-0.2, -0.15) is 0 Å². The van der Waals surface area contributed by atoms with Gasteiger partial charge in [0.25, 0.3) is 0 Å². The van der Waals surface area contributed by atoms with Crippen molar-refractivity contribution in [1.29, 1.82) is 0 Å². The molecule has 3 nitrogen and oxygen atoms in total. The summed E-state index contributed by atoms with van der Waals surface area (Å²) < 4.78 is 0. The molecule has 16 heavy (non-hydrogen) atoms. The summed E-state index contributed by atoms with van der Waals surface area (Å²) in [5.41, 5.74) is 0.956. The van der Waals surface area contributed by atoms with Gasteiger partial charge >= 0.3 is 0 Å². The maximum absolute atomic E-state index is 10.6. The van der Waals surface area contributed by atoms with Crippen LogP contribution in [-0.4, -0.2) is 27.9 Å². The second-order valence-electron chi connectivity index (χ2n) is 4.84. The van der Waals surface area contributed by atoms with Crippen LogP contribution >= 0.6 is 0 Å². The number of aliphatic imine (C=N–C) groups is 1. The molecule has 2 rings (SSSR count). The Morgan fingerprint density at radius 3 is 2.69 bits per heavy atom. The van der Waals surface area contributed by atoms with Crippen LogP contribution < -0.4 is 0 Å². The summed E-state index contributed by atoms with van der Waals surface area (Å²) in [6.07, 6.45) is 1.76. The second-order valence-corrected chi connectivity index (χ2v) is 4.84. The third kappa shape index (κ3) is 1.76. The van der Waals surface area contributed by atoms with Gasteiger partial charge in [-0.05, 0) is 25.0 Å². The number of hydrogen-bond acceptors (Lipinski definition) is 3. The number of aromatic nitrogens is 1. The fourth-order valence-electron chi connectivity index (χ4n) is 2.44. The molecule has 0 fully saturated rings. The zero-order valence-corrected chi connectivity index (χ0v) is 10.0. The third-order valence-electron chi connectivity index (χ3n) is 3.23. The van der Waals surface area contributed by atoms with Crippen molar-refractivity contribution in [3.63, 3.8) is 0 Å². The Morgan fingerprint density at radius 1 is 1.44 bits per heavy atom. The largest absolute Gasteiger partial charge is 0.383 e. The van der Waals surface area contributed by atoms with Crippen LogP contribution in [0.1, 0.15) is 32.4 Å². The van der Waals surface area contributed by atoms with Crippen molar-refractivity contribution in [2.24, 2.45) is 10.9 Å². The van der Waals surface area contributed by atoms with Gasteiger partial charge in [-0.3, -0.25) is 9.98 Å². The van der Waals surface area contributed by atoms with E-state index in [4.69, 9.17) is 0 Å². The van der Waals surface area contributed by atoms with Crippen LogP contribution in [0.2, 0.25) is 0 Å². The molecule has 1 aliphatic rings. The quantitative estimate of drug-likeness (QED) is 0.825. The lowest BCUT2D eigenvalue weighted by Gasteiger charge is -2.28.